The Labute approximate surface area is 100 Å². The van der Waals surface area contributed by atoms with Crippen LogP contribution in [0.15, 0.2) is 41.1 Å². The first-order valence-corrected chi connectivity index (χ1v) is 6.15. The molecule has 0 bridgehead atoms. The lowest BCUT2D eigenvalue weighted by atomic mass is 10.2. The van der Waals surface area contributed by atoms with Crippen LogP contribution in [-0.4, -0.2) is 18.1 Å². The van der Waals surface area contributed by atoms with E-state index in [1.165, 1.54) is 25.2 Å². The summed E-state index contributed by atoms with van der Waals surface area (Å²) < 4.78 is 5.34. The highest BCUT2D eigenvalue weighted by Crippen LogP contribution is 2.46. The van der Waals surface area contributed by atoms with E-state index in [0.717, 1.165) is 17.4 Å². The van der Waals surface area contributed by atoms with Crippen molar-refractivity contribution in [1.82, 2.24) is 4.98 Å². The number of hydrogen-bond acceptors (Lipinski definition) is 3. The zero-order valence-corrected chi connectivity index (χ0v) is 9.54. The van der Waals surface area contributed by atoms with Gasteiger partial charge < -0.3 is 9.32 Å². The van der Waals surface area contributed by atoms with Gasteiger partial charge in [0.15, 0.2) is 0 Å². The van der Waals surface area contributed by atoms with Crippen molar-refractivity contribution in [3.63, 3.8) is 0 Å². The van der Waals surface area contributed by atoms with Crippen molar-refractivity contribution in [3.05, 3.63) is 36.7 Å². The molecule has 3 nitrogen and oxygen atoms in total. The summed E-state index contributed by atoms with van der Waals surface area (Å²) in [5.41, 5.74) is 2.36. The van der Waals surface area contributed by atoms with E-state index in [1.54, 1.807) is 12.5 Å². The van der Waals surface area contributed by atoms with Gasteiger partial charge in [-0.2, -0.15) is 0 Å². The number of anilines is 1. The van der Waals surface area contributed by atoms with E-state index in [1.807, 2.05) is 6.07 Å². The predicted molar refractivity (Wildman–Crippen MR) is 65.7 cm³/mol. The Balaban J connectivity index is 1.66. The van der Waals surface area contributed by atoms with Crippen molar-refractivity contribution in [3.8, 4) is 11.5 Å². The molecule has 0 amide bonds. The average molecular weight is 226 g/mol. The SMILES string of the molecule is c1cc(-c2ncco2)cc(N2CC3CC3C2)c1. The molecular formula is C14H14N2O. The molecule has 1 aromatic heterocycles. The smallest absolute Gasteiger partial charge is 0.225 e. The van der Waals surface area contributed by atoms with Crippen LogP contribution in [0.2, 0.25) is 0 Å². The molecule has 1 aromatic carbocycles. The van der Waals surface area contributed by atoms with Crippen molar-refractivity contribution in [2.24, 2.45) is 11.8 Å². The van der Waals surface area contributed by atoms with Crippen molar-refractivity contribution < 1.29 is 4.42 Å². The summed E-state index contributed by atoms with van der Waals surface area (Å²) in [6, 6.07) is 8.48. The maximum atomic E-state index is 5.34. The van der Waals surface area contributed by atoms with Crippen molar-refractivity contribution in [1.29, 1.82) is 0 Å². The van der Waals surface area contributed by atoms with Crippen molar-refractivity contribution in [2.45, 2.75) is 6.42 Å². The van der Waals surface area contributed by atoms with Gasteiger partial charge in [-0.25, -0.2) is 4.98 Å². The van der Waals surface area contributed by atoms with Crippen LogP contribution in [-0.2, 0) is 0 Å². The predicted octanol–water partition coefficient (Wildman–Crippen LogP) is 2.80. The standard InChI is InChI=1S/C14H14N2O/c1-2-10(14-15-4-5-17-14)7-13(3-1)16-8-11-6-12(11)9-16/h1-5,7,11-12H,6,8-9H2. The Morgan fingerprint density at radius 3 is 2.88 bits per heavy atom. The minimum absolute atomic E-state index is 0.705. The summed E-state index contributed by atoms with van der Waals surface area (Å²) in [6.45, 7) is 2.44. The lowest BCUT2D eigenvalue weighted by Gasteiger charge is -2.20. The molecule has 1 saturated carbocycles. The molecule has 2 heterocycles. The zero-order chi connectivity index (χ0) is 11.2. The van der Waals surface area contributed by atoms with Gasteiger partial charge in [-0.1, -0.05) is 6.07 Å². The van der Waals surface area contributed by atoms with Crippen molar-refractivity contribution in [2.75, 3.05) is 18.0 Å². The van der Waals surface area contributed by atoms with Crippen LogP contribution in [0.1, 0.15) is 6.42 Å². The first-order valence-electron chi connectivity index (χ1n) is 6.15. The van der Waals surface area contributed by atoms with Gasteiger partial charge in [0.05, 0.1) is 6.20 Å². The molecule has 2 aromatic rings. The van der Waals surface area contributed by atoms with Gasteiger partial charge in [0.2, 0.25) is 5.89 Å². The second kappa shape index (κ2) is 3.36. The Hall–Kier alpha value is -1.77. The fourth-order valence-corrected chi connectivity index (χ4v) is 2.81. The van der Waals surface area contributed by atoms with Crippen LogP contribution in [0.4, 0.5) is 5.69 Å². The number of hydrogen-bond donors (Lipinski definition) is 0. The second-order valence-electron chi connectivity index (χ2n) is 5.05. The molecular weight excluding hydrogens is 212 g/mol. The van der Waals surface area contributed by atoms with Gasteiger partial charge in [0, 0.05) is 24.3 Å². The van der Waals surface area contributed by atoms with Crippen molar-refractivity contribution >= 4 is 5.69 Å². The first kappa shape index (κ1) is 9.28. The molecule has 86 valence electrons. The minimum Gasteiger partial charge on any atom is -0.445 e. The molecule has 4 rings (SSSR count). The highest BCUT2D eigenvalue weighted by Gasteiger charge is 2.45. The van der Waals surface area contributed by atoms with Crippen LogP contribution in [0, 0.1) is 11.8 Å². The van der Waals surface area contributed by atoms with E-state index < -0.39 is 0 Å². The second-order valence-corrected chi connectivity index (χ2v) is 5.05. The number of nitrogens with zero attached hydrogens (tertiary/aromatic N) is 2. The van der Waals surface area contributed by atoms with Crippen LogP contribution in [0.5, 0.6) is 0 Å². The molecule has 1 aliphatic carbocycles. The largest absolute Gasteiger partial charge is 0.445 e. The number of rotatable bonds is 2. The summed E-state index contributed by atoms with van der Waals surface area (Å²) in [5.74, 6) is 2.62. The third kappa shape index (κ3) is 1.54. The molecule has 2 fully saturated rings. The van der Waals surface area contributed by atoms with Gasteiger partial charge in [0.1, 0.15) is 6.26 Å². The van der Waals surface area contributed by atoms with E-state index in [4.69, 9.17) is 4.42 Å². The number of oxazole rings is 1. The maximum absolute atomic E-state index is 5.34. The molecule has 0 N–H and O–H groups in total. The van der Waals surface area contributed by atoms with E-state index >= 15 is 0 Å². The average Bonchev–Trinajstić information content (AvgIpc) is 2.86. The molecule has 1 aliphatic heterocycles. The Morgan fingerprint density at radius 1 is 1.24 bits per heavy atom. The van der Waals surface area contributed by atoms with E-state index in [9.17, 15) is 0 Å². The normalized spacial score (nSPS) is 26.0. The van der Waals surface area contributed by atoms with E-state index in [2.05, 4.69) is 28.1 Å². The highest BCUT2D eigenvalue weighted by atomic mass is 16.3. The Kier molecular flexibility index (Phi) is 1.83. The molecule has 0 spiro atoms. The Bertz CT molecular complexity index is 525. The molecule has 2 unspecified atom stereocenters. The summed E-state index contributed by atoms with van der Waals surface area (Å²) >= 11 is 0. The molecule has 1 saturated heterocycles. The van der Waals surface area contributed by atoms with Gasteiger partial charge in [0.25, 0.3) is 0 Å². The molecule has 3 heteroatoms. The summed E-state index contributed by atoms with van der Waals surface area (Å²) in [7, 11) is 0. The number of piperidine rings is 1. The summed E-state index contributed by atoms with van der Waals surface area (Å²) in [5, 5.41) is 0. The molecule has 17 heavy (non-hydrogen) atoms. The van der Waals surface area contributed by atoms with Gasteiger partial charge in [-0.05, 0) is 36.5 Å². The topological polar surface area (TPSA) is 29.3 Å². The van der Waals surface area contributed by atoms with Crippen LogP contribution < -0.4 is 4.90 Å². The lowest BCUT2D eigenvalue weighted by Crippen LogP contribution is -2.21. The minimum atomic E-state index is 0.705. The number of aromatic nitrogens is 1. The lowest BCUT2D eigenvalue weighted by molar-refractivity contribution is 0.574. The number of benzene rings is 1. The third-order valence-electron chi connectivity index (χ3n) is 3.87. The first-order chi connectivity index (χ1) is 8.40. The van der Waals surface area contributed by atoms with Crippen LogP contribution >= 0.6 is 0 Å². The van der Waals surface area contributed by atoms with Crippen LogP contribution in [0.25, 0.3) is 11.5 Å². The Morgan fingerprint density at radius 2 is 2.12 bits per heavy atom. The quantitative estimate of drug-likeness (QED) is 0.788. The van der Waals surface area contributed by atoms with E-state index in [0.29, 0.717) is 5.89 Å². The molecule has 2 atom stereocenters. The maximum Gasteiger partial charge on any atom is 0.225 e. The fraction of sp³-hybridized carbons (Fsp3) is 0.357. The van der Waals surface area contributed by atoms with Crippen LogP contribution in [0.3, 0.4) is 0 Å². The van der Waals surface area contributed by atoms with E-state index in [-0.39, 0.29) is 0 Å². The van der Waals surface area contributed by atoms with Gasteiger partial charge >= 0.3 is 0 Å². The summed E-state index contributed by atoms with van der Waals surface area (Å²) in [4.78, 5) is 6.67. The zero-order valence-electron chi connectivity index (χ0n) is 9.54. The fourth-order valence-electron chi connectivity index (χ4n) is 2.81. The molecule has 2 aliphatic rings. The third-order valence-corrected chi connectivity index (χ3v) is 3.87. The molecule has 0 radical (unpaired) electrons. The van der Waals surface area contributed by atoms with Gasteiger partial charge in [-0.15, -0.1) is 0 Å². The van der Waals surface area contributed by atoms with Gasteiger partial charge in [-0.3, -0.25) is 0 Å². The number of fused-ring (bicyclic) bond motifs is 1. The summed E-state index contributed by atoms with van der Waals surface area (Å²) in [6.07, 6.45) is 4.75. The monoisotopic (exact) mass is 226 g/mol. The highest BCUT2D eigenvalue weighted by molar-refractivity contribution is 5.62.